The summed E-state index contributed by atoms with van der Waals surface area (Å²) >= 11 is 0. The van der Waals surface area contributed by atoms with Gasteiger partial charge in [-0.15, -0.1) is 0 Å². The summed E-state index contributed by atoms with van der Waals surface area (Å²) in [7, 11) is 1.25. The fourth-order valence-electron chi connectivity index (χ4n) is 3.49. The highest BCUT2D eigenvalue weighted by Crippen LogP contribution is 2.63. The quantitative estimate of drug-likeness (QED) is 0.430. The van der Waals surface area contributed by atoms with Gasteiger partial charge in [0.2, 0.25) is 0 Å². The number of fused-ring (bicyclic) bond motifs is 1. The summed E-state index contributed by atoms with van der Waals surface area (Å²) in [6.07, 6.45) is 3.21. The van der Waals surface area contributed by atoms with Gasteiger partial charge in [0, 0.05) is 5.92 Å². The monoisotopic (exact) mass is 323 g/mol. The number of hydrogen-bond acceptors (Lipinski definition) is 6. The second kappa shape index (κ2) is 6.85. The molecule has 2 saturated carbocycles. The molecular formula is C16H21NO6. The number of amides is 1. The Morgan fingerprint density at radius 3 is 2.48 bits per heavy atom. The third kappa shape index (κ3) is 3.09. The zero-order valence-corrected chi connectivity index (χ0v) is 13.1. The van der Waals surface area contributed by atoms with E-state index >= 15 is 0 Å². The first-order chi connectivity index (χ1) is 11.0. The molecule has 23 heavy (non-hydrogen) atoms. The topological polar surface area (TPSA) is 90.9 Å². The molecule has 2 aliphatic rings. The van der Waals surface area contributed by atoms with Crippen LogP contribution in [0.1, 0.15) is 12.8 Å². The Bertz CT molecular complexity index is 531. The Morgan fingerprint density at radius 1 is 1.22 bits per heavy atom. The van der Waals surface area contributed by atoms with Gasteiger partial charge in [-0.2, -0.15) is 0 Å². The second-order valence-corrected chi connectivity index (χ2v) is 5.65. The van der Waals surface area contributed by atoms with Crippen molar-refractivity contribution < 1.29 is 28.6 Å². The van der Waals surface area contributed by atoms with Gasteiger partial charge in [0.05, 0.1) is 13.0 Å². The molecule has 0 unspecified atom stereocenters. The molecule has 7 heteroatoms. The Labute approximate surface area is 134 Å². The van der Waals surface area contributed by atoms with E-state index in [0.717, 1.165) is 0 Å². The summed E-state index contributed by atoms with van der Waals surface area (Å²) in [5, 5.41) is 2.60. The predicted molar refractivity (Wildman–Crippen MR) is 80.3 cm³/mol. The molecule has 2 aliphatic carbocycles. The van der Waals surface area contributed by atoms with Crippen LogP contribution >= 0.6 is 0 Å². The molecule has 1 N–H and O–H groups in total. The predicted octanol–water partition coefficient (Wildman–Crippen LogP) is 1.20. The number of esters is 2. The fourth-order valence-corrected chi connectivity index (χ4v) is 3.49. The van der Waals surface area contributed by atoms with Crippen molar-refractivity contribution >= 4 is 18.0 Å². The van der Waals surface area contributed by atoms with Crippen molar-refractivity contribution in [2.24, 2.45) is 17.8 Å². The molecule has 0 spiro atoms. The number of carbonyl (C=O) groups is 3. The summed E-state index contributed by atoms with van der Waals surface area (Å²) in [5.41, 5.74) is -1.24. The van der Waals surface area contributed by atoms with Crippen LogP contribution in [0, 0.1) is 17.8 Å². The van der Waals surface area contributed by atoms with E-state index in [1.54, 1.807) is 0 Å². The first-order valence-electron chi connectivity index (χ1n) is 7.43. The van der Waals surface area contributed by atoms with E-state index in [0.29, 0.717) is 12.8 Å². The molecule has 1 amide bonds. The highest BCUT2D eigenvalue weighted by atomic mass is 16.6. The molecule has 0 aromatic heterocycles. The average molecular weight is 323 g/mol. The van der Waals surface area contributed by atoms with Crippen LogP contribution in [0.4, 0.5) is 4.79 Å². The van der Waals surface area contributed by atoms with E-state index < -0.39 is 23.5 Å². The van der Waals surface area contributed by atoms with Crippen LogP contribution in [0.3, 0.4) is 0 Å². The van der Waals surface area contributed by atoms with Crippen molar-refractivity contribution in [3.63, 3.8) is 0 Å². The lowest BCUT2D eigenvalue weighted by Gasteiger charge is -2.29. The molecule has 4 atom stereocenters. The van der Waals surface area contributed by atoms with E-state index in [2.05, 4.69) is 18.5 Å². The Hall–Kier alpha value is -2.31. The zero-order valence-electron chi connectivity index (χ0n) is 13.1. The summed E-state index contributed by atoms with van der Waals surface area (Å²) < 4.78 is 14.8. The molecule has 0 bridgehead atoms. The molecule has 0 aromatic carbocycles. The van der Waals surface area contributed by atoms with Crippen LogP contribution < -0.4 is 5.32 Å². The van der Waals surface area contributed by atoms with Crippen LogP contribution in [0.5, 0.6) is 0 Å². The first kappa shape index (κ1) is 17.1. The minimum atomic E-state index is -1.24. The number of ether oxygens (including phenoxy) is 3. The van der Waals surface area contributed by atoms with E-state index in [1.165, 1.54) is 19.3 Å². The van der Waals surface area contributed by atoms with E-state index in [-0.39, 0.29) is 31.0 Å². The summed E-state index contributed by atoms with van der Waals surface area (Å²) in [5.74, 6) is -1.69. The molecule has 126 valence electrons. The largest absolute Gasteiger partial charge is 0.467 e. The van der Waals surface area contributed by atoms with Crippen molar-refractivity contribution in [3.05, 3.63) is 25.3 Å². The van der Waals surface area contributed by atoms with Gasteiger partial charge < -0.3 is 19.5 Å². The molecule has 7 nitrogen and oxygen atoms in total. The molecule has 0 aliphatic heterocycles. The van der Waals surface area contributed by atoms with E-state index in [4.69, 9.17) is 14.2 Å². The second-order valence-electron chi connectivity index (χ2n) is 5.65. The van der Waals surface area contributed by atoms with Crippen molar-refractivity contribution in [2.75, 3.05) is 20.3 Å². The van der Waals surface area contributed by atoms with Gasteiger partial charge in [0.25, 0.3) is 0 Å². The van der Waals surface area contributed by atoms with Crippen LogP contribution in [-0.2, 0) is 23.8 Å². The molecule has 0 radical (unpaired) electrons. The minimum Gasteiger partial charge on any atom is -0.467 e. The average Bonchev–Trinajstić information content (AvgIpc) is 3.18. The number of methoxy groups -OCH3 is 1. The molecule has 2 rings (SSSR count). The van der Waals surface area contributed by atoms with Crippen LogP contribution in [0.2, 0.25) is 0 Å². The fraction of sp³-hybridized carbons (Fsp3) is 0.562. The highest BCUT2D eigenvalue weighted by molar-refractivity contribution is 5.90. The number of hydrogen-bond donors (Lipinski definition) is 1. The Kier molecular flexibility index (Phi) is 5.08. The van der Waals surface area contributed by atoms with Gasteiger partial charge >= 0.3 is 18.0 Å². The van der Waals surface area contributed by atoms with Gasteiger partial charge in [0.15, 0.2) is 0 Å². The Morgan fingerprint density at radius 2 is 1.87 bits per heavy atom. The Balaban J connectivity index is 2.12. The number of alkyl carbamates (subject to hydrolysis) is 1. The van der Waals surface area contributed by atoms with Crippen molar-refractivity contribution in [3.8, 4) is 0 Å². The van der Waals surface area contributed by atoms with E-state index in [9.17, 15) is 14.4 Å². The summed E-state index contributed by atoms with van der Waals surface area (Å²) in [6, 6.07) is 0. The van der Waals surface area contributed by atoms with Crippen LogP contribution in [0.25, 0.3) is 0 Å². The standard InChI is InChI=1S/C16H21NO6/c1-4-8-22-13(18)11-10-6-7-16(12(10)11,14(19)21-3)17-15(20)23-9-5-2/h4-5,10-12H,1-2,6-9H2,3H3,(H,17,20)/t10-,11-,12-,16-/m0/s1. The van der Waals surface area contributed by atoms with Gasteiger partial charge in [-0.3, -0.25) is 4.79 Å². The number of rotatable bonds is 7. The smallest absolute Gasteiger partial charge is 0.408 e. The van der Waals surface area contributed by atoms with Gasteiger partial charge in [0.1, 0.15) is 18.8 Å². The lowest BCUT2D eigenvalue weighted by atomic mass is 9.90. The number of carbonyl (C=O) groups excluding carboxylic acids is 3. The maximum Gasteiger partial charge on any atom is 0.408 e. The SMILES string of the molecule is C=CCOC(=O)N[C@@]1(C(=O)OC)CC[C@H]2[C@H](C(=O)OCC=C)[C@H]21. The van der Waals surface area contributed by atoms with Crippen molar-refractivity contribution in [1.82, 2.24) is 5.32 Å². The molecule has 0 saturated heterocycles. The third-order valence-corrected chi connectivity index (χ3v) is 4.43. The highest BCUT2D eigenvalue weighted by Gasteiger charge is 2.72. The third-order valence-electron chi connectivity index (χ3n) is 4.43. The summed E-state index contributed by atoms with van der Waals surface area (Å²) in [6.45, 7) is 7.09. The lowest BCUT2D eigenvalue weighted by Crippen LogP contribution is -2.56. The van der Waals surface area contributed by atoms with Gasteiger partial charge in [-0.05, 0) is 18.8 Å². The van der Waals surface area contributed by atoms with Gasteiger partial charge in [-0.1, -0.05) is 25.3 Å². The maximum absolute atomic E-state index is 12.3. The zero-order chi connectivity index (χ0) is 17.0. The van der Waals surface area contributed by atoms with Crippen LogP contribution in [-0.4, -0.2) is 43.9 Å². The minimum absolute atomic E-state index is 0.00567. The lowest BCUT2D eigenvalue weighted by molar-refractivity contribution is -0.151. The summed E-state index contributed by atoms with van der Waals surface area (Å²) in [4.78, 5) is 36.2. The normalized spacial score (nSPS) is 30.6. The first-order valence-corrected chi connectivity index (χ1v) is 7.43. The molecular weight excluding hydrogens is 302 g/mol. The van der Waals surface area contributed by atoms with Crippen LogP contribution in [0.15, 0.2) is 25.3 Å². The maximum atomic E-state index is 12.3. The van der Waals surface area contributed by atoms with Crippen molar-refractivity contribution in [1.29, 1.82) is 0 Å². The molecule has 2 fully saturated rings. The number of nitrogens with one attached hydrogen (secondary N) is 1. The van der Waals surface area contributed by atoms with Crippen molar-refractivity contribution in [2.45, 2.75) is 18.4 Å². The molecule has 0 heterocycles. The molecule has 0 aromatic rings. The van der Waals surface area contributed by atoms with Gasteiger partial charge in [-0.25, -0.2) is 9.59 Å². The van der Waals surface area contributed by atoms with E-state index in [1.807, 2.05) is 0 Å².